The zero-order chi connectivity index (χ0) is 13.7. The Labute approximate surface area is 117 Å². The molecule has 0 aliphatic heterocycles. The molecule has 1 aromatic rings. The van der Waals surface area contributed by atoms with E-state index in [-0.39, 0.29) is 11.8 Å². The SMILES string of the molecule is COc1ccc(C(CCC(C)=O)N(C)C)cc1Br. The largest absolute Gasteiger partial charge is 0.496 e. The number of nitrogens with zero attached hydrogens (tertiary/aromatic N) is 1. The number of carbonyl (C=O) groups is 1. The highest BCUT2D eigenvalue weighted by Crippen LogP contribution is 2.31. The molecule has 1 rings (SSSR count). The highest BCUT2D eigenvalue weighted by molar-refractivity contribution is 9.10. The van der Waals surface area contributed by atoms with E-state index in [1.165, 1.54) is 5.56 Å². The van der Waals surface area contributed by atoms with E-state index in [1.807, 2.05) is 26.2 Å². The molecule has 0 bridgehead atoms. The van der Waals surface area contributed by atoms with Crippen LogP contribution in [0, 0.1) is 0 Å². The average molecular weight is 314 g/mol. The molecule has 100 valence electrons. The Morgan fingerprint density at radius 1 is 1.44 bits per heavy atom. The van der Waals surface area contributed by atoms with E-state index in [0.717, 1.165) is 16.6 Å². The van der Waals surface area contributed by atoms with Gasteiger partial charge in [-0.1, -0.05) is 6.07 Å². The van der Waals surface area contributed by atoms with Gasteiger partial charge < -0.3 is 14.4 Å². The quantitative estimate of drug-likeness (QED) is 0.806. The van der Waals surface area contributed by atoms with Gasteiger partial charge in [0.2, 0.25) is 0 Å². The van der Waals surface area contributed by atoms with Gasteiger partial charge in [-0.15, -0.1) is 0 Å². The summed E-state index contributed by atoms with van der Waals surface area (Å²) >= 11 is 3.49. The van der Waals surface area contributed by atoms with Crippen LogP contribution in [0.4, 0.5) is 0 Å². The second-order valence-corrected chi connectivity index (χ2v) is 5.47. The number of rotatable bonds is 6. The normalized spacial score (nSPS) is 12.6. The van der Waals surface area contributed by atoms with Crippen molar-refractivity contribution >= 4 is 21.7 Å². The van der Waals surface area contributed by atoms with Gasteiger partial charge in [-0.25, -0.2) is 0 Å². The summed E-state index contributed by atoms with van der Waals surface area (Å²) in [5.41, 5.74) is 1.19. The van der Waals surface area contributed by atoms with Crippen molar-refractivity contribution < 1.29 is 9.53 Å². The summed E-state index contributed by atoms with van der Waals surface area (Å²) in [6.45, 7) is 1.64. The third-order valence-corrected chi connectivity index (χ3v) is 3.57. The molecule has 0 saturated carbocycles. The number of methoxy groups -OCH3 is 1. The highest BCUT2D eigenvalue weighted by atomic mass is 79.9. The van der Waals surface area contributed by atoms with Gasteiger partial charge in [0.05, 0.1) is 11.6 Å². The van der Waals surface area contributed by atoms with Gasteiger partial charge in [0.25, 0.3) is 0 Å². The van der Waals surface area contributed by atoms with Crippen molar-refractivity contribution in [2.45, 2.75) is 25.8 Å². The van der Waals surface area contributed by atoms with Crippen molar-refractivity contribution in [3.05, 3.63) is 28.2 Å². The second kappa shape index (κ2) is 6.90. The van der Waals surface area contributed by atoms with Crippen LogP contribution in [0.1, 0.15) is 31.4 Å². The van der Waals surface area contributed by atoms with E-state index >= 15 is 0 Å². The van der Waals surface area contributed by atoms with Gasteiger partial charge in [-0.3, -0.25) is 0 Å². The van der Waals surface area contributed by atoms with E-state index < -0.39 is 0 Å². The fourth-order valence-electron chi connectivity index (χ4n) is 1.95. The first-order valence-corrected chi connectivity index (χ1v) is 6.74. The zero-order valence-electron chi connectivity index (χ0n) is 11.4. The van der Waals surface area contributed by atoms with Crippen LogP contribution in [0.15, 0.2) is 22.7 Å². The van der Waals surface area contributed by atoms with Gasteiger partial charge in [0.15, 0.2) is 0 Å². The Morgan fingerprint density at radius 2 is 2.11 bits per heavy atom. The molecule has 0 N–H and O–H groups in total. The Hall–Kier alpha value is -0.870. The van der Waals surface area contributed by atoms with E-state index in [9.17, 15) is 4.79 Å². The lowest BCUT2D eigenvalue weighted by atomic mass is 10.00. The summed E-state index contributed by atoms with van der Waals surface area (Å²) in [5, 5.41) is 0. The molecule has 3 nitrogen and oxygen atoms in total. The smallest absolute Gasteiger partial charge is 0.133 e. The van der Waals surface area contributed by atoms with Crippen LogP contribution in [0.5, 0.6) is 5.75 Å². The molecule has 0 aromatic heterocycles. The lowest BCUT2D eigenvalue weighted by Crippen LogP contribution is -2.20. The van der Waals surface area contributed by atoms with Crippen molar-refractivity contribution in [2.24, 2.45) is 0 Å². The fourth-order valence-corrected chi connectivity index (χ4v) is 2.51. The highest BCUT2D eigenvalue weighted by Gasteiger charge is 2.16. The Morgan fingerprint density at radius 3 is 2.56 bits per heavy atom. The predicted molar refractivity (Wildman–Crippen MR) is 77.0 cm³/mol. The van der Waals surface area contributed by atoms with Gasteiger partial charge >= 0.3 is 0 Å². The minimum atomic E-state index is 0.231. The molecule has 1 unspecified atom stereocenters. The monoisotopic (exact) mass is 313 g/mol. The fraction of sp³-hybridized carbons (Fsp3) is 0.500. The zero-order valence-corrected chi connectivity index (χ0v) is 13.0. The molecule has 4 heteroatoms. The minimum absolute atomic E-state index is 0.231. The summed E-state index contributed by atoms with van der Waals surface area (Å²) in [6, 6.07) is 6.30. The predicted octanol–water partition coefficient (Wildman–Crippen LogP) is 3.43. The van der Waals surface area contributed by atoms with Crippen LogP contribution in [0.25, 0.3) is 0 Å². The molecular formula is C14H20BrNO2. The van der Waals surface area contributed by atoms with Crippen molar-refractivity contribution in [2.75, 3.05) is 21.2 Å². The van der Waals surface area contributed by atoms with Crippen LogP contribution >= 0.6 is 15.9 Å². The molecular weight excluding hydrogens is 294 g/mol. The number of ether oxygens (including phenoxy) is 1. The van der Waals surface area contributed by atoms with Crippen LogP contribution in [0.3, 0.4) is 0 Å². The summed E-state index contributed by atoms with van der Waals surface area (Å²) in [6.07, 6.45) is 1.44. The van der Waals surface area contributed by atoms with Crippen molar-refractivity contribution in [1.29, 1.82) is 0 Å². The van der Waals surface area contributed by atoms with E-state index in [1.54, 1.807) is 14.0 Å². The first-order valence-electron chi connectivity index (χ1n) is 5.95. The molecule has 18 heavy (non-hydrogen) atoms. The number of hydrogen-bond donors (Lipinski definition) is 0. The molecule has 1 aromatic carbocycles. The van der Waals surface area contributed by atoms with Crippen molar-refractivity contribution in [3.8, 4) is 5.75 Å². The van der Waals surface area contributed by atoms with E-state index in [2.05, 4.69) is 26.9 Å². The van der Waals surface area contributed by atoms with Crippen LogP contribution in [-0.4, -0.2) is 31.9 Å². The molecule has 0 heterocycles. The van der Waals surface area contributed by atoms with Crippen LogP contribution < -0.4 is 4.74 Å². The Balaban J connectivity index is 2.92. The van der Waals surface area contributed by atoms with Gasteiger partial charge in [0, 0.05) is 12.5 Å². The van der Waals surface area contributed by atoms with Crippen LogP contribution in [0.2, 0.25) is 0 Å². The third kappa shape index (κ3) is 4.10. The molecule has 0 spiro atoms. The van der Waals surface area contributed by atoms with Gasteiger partial charge in [-0.2, -0.15) is 0 Å². The maximum absolute atomic E-state index is 11.1. The molecule has 1 atom stereocenters. The summed E-state index contributed by atoms with van der Waals surface area (Å²) in [4.78, 5) is 13.3. The molecule has 0 fully saturated rings. The number of benzene rings is 1. The van der Waals surface area contributed by atoms with Crippen molar-refractivity contribution in [1.82, 2.24) is 4.90 Å². The van der Waals surface area contributed by atoms with Gasteiger partial charge in [-0.05, 0) is 61.1 Å². The molecule has 0 radical (unpaired) electrons. The van der Waals surface area contributed by atoms with E-state index in [0.29, 0.717) is 6.42 Å². The number of carbonyl (C=O) groups excluding carboxylic acids is 1. The lowest BCUT2D eigenvalue weighted by molar-refractivity contribution is -0.117. The van der Waals surface area contributed by atoms with Crippen LogP contribution in [-0.2, 0) is 4.79 Å². The first kappa shape index (κ1) is 15.2. The summed E-state index contributed by atoms with van der Waals surface area (Å²) in [7, 11) is 5.71. The Kier molecular flexibility index (Phi) is 5.82. The number of halogens is 1. The molecule has 0 amide bonds. The number of hydrogen-bond acceptors (Lipinski definition) is 3. The maximum Gasteiger partial charge on any atom is 0.133 e. The molecule has 0 saturated heterocycles. The maximum atomic E-state index is 11.1. The number of Topliss-reactive ketones (excluding diaryl/α,β-unsaturated/α-hetero) is 1. The Bertz CT molecular complexity index is 418. The summed E-state index contributed by atoms with van der Waals surface area (Å²) < 4.78 is 6.17. The average Bonchev–Trinajstić information content (AvgIpc) is 2.28. The second-order valence-electron chi connectivity index (χ2n) is 4.61. The topological polar surface area (TPSA) is 29.5 Å². The van der Waals surface area contributed by atoms with Gasteiger partial charge in [0.1, 0.15) is 11.5 Å². The first-order chi connectivity index (χ1) is 8.45. The minimum Gasteiger partial charge on any atom is -0.496 e. The lowest BCUT2D eigenvalue weighted by Gasteiger charge is -2.25. The summed E-state index contributed by atoms with van der Waals surface area (Å²) in [5.74, 6) is 1.05. The standard InChI is InChI=1S/C14H20BrNO2/c1-10(17)5-7-13(16(2)3)11-6-8-14(18-4)12(15)9-11/h6,8-9,13H,5,7H2,1-4H3. The number of ketones is 1. The molecule has 0 aliphatic carbocycles. The molecule has 0 aliphatic rings. The third-order valence-electron chi connectivity index (χ3n) is 2.95. The van der Waals surface area contributed by atoms with E-state index in [4.69, 9.17) is 4.74 Å². The van der Waals surface area contributed by atoms with Crippen molar-refractivity contribution in [3.63, 3.8) is 0 Å².